The standard InChI is InChI=1S/C21H20O6/c1-4-25-21(23)13(2)26-16-8-9-17-18(12-16)27-19(20(17)22)11-14-6-5-7-15(10-14)24-3/h5-13H,4H2,1-3H3/b19-11-/t13-/m0/s1. The smallest absolute Gasteiger partial charge is 0.347 e. The molecule has 0 aromatic heterocycles. The number of carbonyl (C=O) groups is 2. The van der Waals surface area contributed by atoms with Crippen LogP contribution >= 0.6 is 0 Å². The second-order valence-electron chi connectivity index (χ2n) is 5.89. The minimum Gasteiger partial charge on any atom is -0.497 e. The number of fused-ring (bicyclic) bond motifs is 1. The molecule has 0 spiro atoms. The average molecular weight is 368 g/mol. The highest BCUT2D eigenvalue weighted by Gasteiger charge is 2.28. The van der Waals surface area contributed by atoms with Gasteiger partial charge in [-0.3, -0.25) is 4.79 Å². The van der Waals surface area contributed by atoms with Crippen molar-refractivity contribution in [1.29, 1.82) is 0 Å². The number of hydrogen-bond acceptors (Lipinski definition) is 6. The zero-order valence-corrected chi connectivity index (χ0v) is 15.4. The highest BCUT2D eigenvalue weighted by Crippen LogP contribution is 2.35. The SMILES string of the molecule is CCOC(=O)[C@H](C)Oc1ccc2c(c1)O/C(=C\c1cccc(OC)c1)C2=O. The third-order valence-electron chi connectivity index (χ3n) is 3.96. The molecule has 0 saturated heterocycles. The molecule has 0 unspecified atom stereocenters. The first kappa shape index (κ1) is 18.5. The van der Waals surface area contributed by atoms with Gasteiger partial charge in [-0.2, -0.15) is 0 Å². The van der Waals surface area contributed by atoms with Crippen molar-refractivity contribution in [3.8, 4) is 17.2 Å². The molecule has 6 heteroatoms. The van der Waals surface area contributed by atoms with Gasteiger partial charge in [0.05, 0.1) is 19.3 Å². The van der Waals surface area contributed by atoms with E-state index in [-0.39, 0.29) is 18.1 Å². The predicted molar refractivity (Wildman–Crippen MR) is 99.1 cm³/mol. The maximum absolute atomic E-state index is 12.5. The molecular weight excluding hydrogens is 348 g/mol. The Hall–Kier alpha value is -3.28. The molecule has 27 heavy (non-hydrogen) atoms. The van der Waals surface area contributed by atoms with E-state index >= 15 is 0 Å². The lowest BCUT2D eigenvalue weighted by molar-refractivity contribution is -0.150. The Kier molecular flexibility index (Phi) is 5.45. The van der Waals surface area contributed by atoms with Gasteiger partial charge in [-0.15, -0.1) is 0 Å². The van der Waals surface area contributed by atoms with Gasteiger partial charge in [-0.1, -0.05) is 12.1 Å². The normalized spacial score (nSPS) is 15.1. The summed E-state index contributed by atoms with van der Waals surface area (Å²) in [7, 11) is 1.58. The molecule has 1 atom stereocenters. The van der Waals surface area contributed by atoms with Crippen LogP contribution in [-0.4, -0.2) is 31.6 Å². The van der Waals surface area contributed by atoms with E-state index in [0.29, 0.717) is 22.8 Å². The van der Waals surface area contributed by atoms with Crippen LogP contribution in [0, 0.1) is 0 Å². The van der Waals surface area contributed by atoms with E-state index in [9.17, 15) is 9.59 Å². The molecule has 0 N–H and O–H groups in total. The fourth-order valence-corrected chi connectivity index (χ4v) is 2.64. The molecule has 1 heterocycles. The number of methoxy groups -OCH3 is 1. The number of rotatable bonds is 6. The van der Waals surface area contributed by atoms with Crippen LogP contribution in [0.2, 0.25) is 0 Å². The predicted octanol–water partition coefficient (Wildman–Crippen LogP) is 3.64. The summed E-state index contributed by atoms with van der Waals surface area (Å²) < 4.78 is 21.4. The summed E-state index contributed by atoms with van der Waals surface area (Å²) >= 11 is 0. The van der Waals surface area contributed by atoms with Gasteiger partial charge in [0.25, 0.3) is 0 Å². The maximum atomic E-state index is 12.5. The lowest BCUT2D eigenvalue weighted by atomic mass is 10.1. The van der Waals surface area contributed by atoms with E-state index in [1.807, 2.05) is 24.3 Å². The number of hydrogen-bond donors (Lipinski definition) is 0. The first-order valence-electron chi connectivity index (χ1n) is 8.57. The first-order chi connectivity index (χ1) is 13.0. The van der Waals surface area contributed by atoms with Crippen molar-refractivity contribution in [2.45, 2.75) is 20.0 Å². The average Bonchev–Trinajstić information content (AvgIpc) is 2.97. The summed E-state index contributed by atoms with van der Waals surface area (Å²) in [5, 5.41) is 0. The lowest BCUT2D eigenvalue weighted by Crippen LogP contribution is -2.26. The third kappa shape index (κ3) is 4.11. The molecular formula is C21H20O6. The van der Waals surface area contributed by atoms with E-state index in [0.717, 1.165) is 5.56 Å². The second kappa shape index (κ2) is 7.95. The van der Waals surface area contributed by atoms with Crippen LogP contribution in [-0.2, 0) is 9.53 Å². The highest BCUT2D eigenvalue weighted by molar-refractivity contribution is 6.14. The Balaban J connectivity index is 1.79. The summed E-state index contributed by atoms with van der Waals surface area (Å²) in [4.78, 5) is 24.2. The van der Waals surface area contributed by atoms with Gasteiger partial charge in [-0.25, -0.2) is 4.79 Å². The summed E-state index contributed by atoms with van der Waals surface area (Å²) in [5.74, 6) is 1.06. The van der Waals surface area contributed by atoms with Gasteiger partial charge in [0.1, 0.15) is 17.2 Å². The van der Waals surface area contributed by atoms with Gasteiger partial charge in [0.2, 0.25) is 5.78 Å². The number of allylic oxidation sites excluding steroid dienone is 1. The van der Waals surface area contributed by atoms with Gasteiger partial charge in [0.15, 0.2) is 11.9 Å². The number of ether oxygens (including phenoxy) is 4. The molecule has 0 amide bonds. The van der Waals surface area contributed by atoms with E-state index in [1.165, 1.54) is 0 Å². The van der Waals surface area contributed by atoms with Crippen LogP contribution in [0.3, 0.4) is 0 Å². The van der Waals surface area contributed by atoms with Gasteiger partial charge in [-0.05, 0) is 49.8 Å². The topological polar surface area (TPSA) is 71.1 Å². The molecule has 0 saturated carbocycles. The zero-order chi connectivity index (χ0) is 19.4. The second-order valence-corrected chi connectivity index (χ2v) is 5.89. The van der Waals surface area contributed by atoms with Gasteiger partial charge >= 0.3 is 5.97 Å². The maximum Gasteiger partial charge on any atom is 0.347 e. The Morgan fingerprint density at radius 1 is 1.19 bits per heavy atom. The number of carbonyl (C=O) groups excluding carboxylic acids is 2. The molecule has 1 aliphatic rings. The van der Waals surface area contributed by atoms with Crippen molar-refractivity contribution in [1.82, 2.24) is 0 Å². The van der Waals surface area contributed by atoms with Crippen molar-refractivity contribution in [3.63, 3.8) is 0 Å². The van der Waals surface area contributed by atoms with Crippen molar-refractivity contribution < 1.29 is 28.5 Å². The van der Waals surface area contributed by atoms with E-state index in [4.69, 9.17) is 18.9 Å². The van der Waals surface area contributed by atoms with Crippen LogP contribution in [0.4, 0.5) is 0 Å². The number of ketones is 1. The molecule has 1 aliphatic heterocycles. The van der Waals surface area contributed by atoms with Crippen molar-refractivity contribution in [2.75, 3.05) is 13.7 Å². The third-order valence-corrected chi connectivity index (χ3v) is 3.96. The molecule has 0 bridgehead atoms. The Morgan fingerprint density at radius 3 is 2.74 bits per heavy atom. The molecule has 3 rings (SSSR count). The number of Topliss-reactive ketones (excluding diaryl/α,β-unsaturated/α-hetero) is 1. The Bertz CT molecular complexity index is 899. The van der Waals surface area contributed by atoms with Gasteiger partial charge < -0.3 is 18.9 Å². The molecule has 140 valence electrons. The minimum atomic E-state index is -0.757. The van der Waals surface area contributed by atoms with Gasteiger partial charge in [0, 0.05) is 6.07 Å². The number of benzene rings is 2. The number of esters is 1. The largest absolute Gasteiger partial charge is 0.497 e. The van der Waals surface area contributed by atoms with Crippen LogP contribution in [0.15, 0.2) is 48.2 Å². The molecule has 0 fully saturated rings. The molecule has 2 aromatic rings. The zero-order valence-electron chi connectivity index (χ0n) is 15.4. The Morgan fingerprint density at radius 2 is 2.00 bits per heavy atom. The monoisotopic (exact) mass is 368 g/mol. The molecule has 6 nitrogen and oxygen atoms in total. The van der Waals surface area contributed by atoms with E-state index in [2.05, 4.69) is 0 Å². The summed E-state index contributed by atoms with van der Waals surface area (Å²) in [6, 6.07) is 12.2. The van der Waals surface area contributed by atoms with Crippen molar-refractivity contribution in [2.24, 2.45) is 0 Å². The molecule has 0 aliphatic carbocycles. The van der Waals surface area contributed by atoms with Crippen LogP contribution < -0.4 is 14.2 Å². The van der Waals surface area contributed by atoms with Crippen LogP contribution in [0.25, 0.3) is 6.08 Å². The Labute approximate surface area is 157 Å². The molecule has 2 aromatic carbocycles. The quantitative estimate of drug-likeness (QED) is 0.573. The van der Waals surface area contributed by atoms with Crippen molar-refractivity contribution in [3.05, 3.63) is 59.4 Å². The summed E-state index contributed by atoms with van der Waals surface area (Å²) in [5.41, 5.74) is 1.23. The first-order valence-corrected chi connectivity index (χ1v) is 8.57. The fraction of sp³-hybridized carbons (Fsp3) is 0.238. The summed E-state index contributed by atoms with van der Waals surface area (Å²) in [6.07, 6.45) is 0.902. The van der Waals surface area contributed by atoms with Crippen molar-refractivity contribution >= 4 is 17.8 Å². The van der Waals surface area contributed by atoms with Crippen LogP contribution in [0.5, 0.6) is 17.2 Å². The highest BCUT2D eigenvalue weighted by atomic mass is 16.6. The minimum absolute atomic E-state index is 0.210. The van der Waals surface area contributed by atoms with E-state index in [1.54, 1.807) is 45.2 Å². The molecule has 0 radical (unpaired) electrons. The van der Waals surface area contributed by atoms with Crippen LogP contribution in [0.1, 0.15) is 29.8 Å². The fourth-order valence-electron chi connectivity index (χ4n) is 2.64. The lowest BCUT2D eigenvalue weighted by Gasteiger charge is -2.13. The summed E-state index contributed by atoms with van der Waals surface area (Å²) in [6.45, 7) is 3.62. The van der Waals surface area contributed by atoms with E-state index < -0.39 is 12.1 Å².